The number of rotatable bonds is 4. The van der Waals surface area contributed by atoms with Crippen LogP contribution in [0.5, 0.6) is 0 Å². The minimum absolute atomic E-state index is 0.0903. The molecule has 1 aromatic carbocycles. The molecule has 2 aliphatic rings. The maximum absolute atomic E-state index is 13.5. The molecule has 2 aliphatic heterocycles. The van der Waals surface area contributed by atoms with E-state index in [1.807, 2.05) is 39.8 Å². The Bertz CT molecular complexity index is 881. The Morgan fingerprint density at radius 3 is 2.07 bits per heavy atom. The van der Waals surface area contributed by atoms with E-state index in [0.29, 0.717) is 68.0 Å². The van der Waals surface area contributed by atoms with Crippen LogP contribution >= 0.6 is 0 Å². The summed E-state index contributed by atoms with van der Waals surface area (Å²) in [7, 11) is -3.76. The Morgan fingerprint density at radius 2 is 1.52 bits per heavy atom. The van der Waals surface area contributed by atoms with Crippen molar-refractivity contribution < 1.29 is 18.0 Å². The first kappa shape index (κ1) is 21.8. The molecule has 7 nitrogen and oxygen atoms in total. The van der Waals surface area contributed by atoms with E-state index >= 15 is 0 Å². The summed E-state index contributed by atoms with van der Waals surface area (Å²) in [4.78, 5) is 28.8. The number of aryl methyl sites for hydroxylation is 3. The van der Waals surface area contributed by atoms with Crippen molar-refractivity contribution in [3.8, 4) is 0 Å². The molecule has 2 saturated heterocycles. The van der Waals surface area contributed by atoms with Crippen molar-refractivity contribution in [2.75, 3.05) is 32.7 Å². The highest BCUT2D eigenvalue weighted by molar-refractivity contribution is 7.89. The zero-order valence-electron chi connectivity index (χ0n) is 17.8. The fourth-order valence-electron chi connectivity index (χ4n) is 4.58. The zero-order valence-corrected chi connectivity index (χ0v) is 18.6. The van der Waals surface area contributed by atoms with Gasteiger partial charge in [0.2, 0.25) is 21.8 Å². The highest BCUT2D eigenvalue weighted by atomic mass is 32.2. The van der Waals surface area contributed by atoms with Crippen molar-refractivity contribution in [1.82, 2.24) is 14.1 Å². The second kappa shape index (κ2) is 8.44. The van der Waals surface area contributed by atoms with Gasteiger partial charge in [-0.15, -0.1) is 0 Å². The van der Waals surface area contributed by atoms with Crippen LogP contribution in [0.4, 0.5) is 0 Å². The Balaban J connectivity index is 1.80. The number of amides is 2. The van der Waals surface area contributed by atoms with Gasteiger partial charge < -0.3 is 9.80 Å². The number of sulfonamides is 1. The van der Waals surface area contributed by atoms with Crippen molar-refractivity contribution in [3.05, 3.63) is 28.8 Å². The molecule has 0 radical (unpaired) electrons. The highest BCUT2D eigenvalue weighted by Gasteiger charge is 2.42. The molecule has 0 saturated carbocycles. The first-order valence-electron chi connectivity index (χ1n) is 10.3. The predicted octanol–water partition coefficient (Wildman–Crippen LogP) is 1.85. The first-order valence-corrected chi connectivity index (χ1v) is 11.8. The van der Waals surface area contributed by atoms with Gasteiger partial charge in [-0.1, -0.05) is 24.6 Å². The summed E-state index contributed by atoms with van der Waals surface area (Å²) in [5, 5.41) is 0. The number of benzene rings is 1. The van der Waals surface area contributed by atoms with E-state index in [0.717, 1.165) is 5.56 Å². The van der Waals surface area contributed by atoms with Crippen LogP contribution in [0.15, 0.2) is 17.0 Å². The van der Waals surface area contributed by atoms with E-state index in [-0.39, 0.29) is 11.8 Å². The summed E-state index contributed by atoms with van der Waals surface area (Å²) in [6.45, 7) is 9.68. The van der Waals surface area contributed by atoms with Crippen LogP contribution in [0.1, 0.15) is 42.9 Å². The summed E-state index contributed by atoms with van der Waals surface area (Å²) in [6.07, 6.45) is 1.67. The number of hydrogen-bond acceptors (Lipinski definition) is 4. The molecule has 3 rings (SSSR count). The van der Waals surface area contributed by atoms with Crippen LogP contribution in [-0.4, -0.2) is 73.1 Å². The standard InChI is InChI=1S/C21H31N3O4S/c1-5-19(25)22-9-11-23(12-10-22)21(26)18-7-6-8-24(18)29(27,28)20-16(3)13-15(2)14-17(20)4/h13-14,18H,5-12H2,1-4H3. The second-order valence-electron chi connectivity index (χ2n) is 8.06. The molecule has 2 amide bonds. The van der Waals surface area contributed by atoms with E-state index in [1.165, 1.54) is 4.31 Å². The molecule has 8 heteroatoms. The average molecular weight is 422 g/mol. The molecule has 29 heavy (non-hydrogen) atoms. The summed E-state index contributed by atoms with van der Waals surface area (Å²) < 4.78 is 28.3. The van der Waals surface area contributed by atoms with Gasteiger partial charge in [-0.2, -0.15) is 4.31 Å². The lowest BCUT2D eigenvalue weighted by atomic mass is 10.1. The molecular weight excluding hydrogens is 390 g/mol. The minimum atomic E-state index is -3.76. The third kappa shape index (κ3) is 4.19. The van der Waals surface area contributed by atoms with Crippen molar-refractivity contribution in [3.63, 3.8) is 0 Å². The minimum Gasteiger partial charge on any atom is -0.339 e. The molecule has 1 unspecified atom stereocenters. The molecule has 0 spiro atoms. The molecule has 0 bridgehead atoms. The van der Waals surface area contributed by atoms with E-state index in [2.05, 4.69) is 0 Å². The third-order valence-corrected chi connectivity index (χ3v) is 8.12. The fraction of sp³-hybridized carbons (Fsp3) is 0.619. The highest BCUT2D eigenvalue weighted by Crippen LogP contribution is 2.31. The summed E-state index contributed by atoms with van der Waals surface area (Å²) in [6, 6.07) is 3.08. The maximum atomic E-state index is 13.5. The van der Waals surface area contributed by atoms with Crippen molar-refractivity contribution in [1.29, 1.82) is 0 Å². The van der Waals surface area contributed by atoms with E-state index < -0.39 is 16.1 Å². The normalized spacial score (nSPS) is 20.9. The van der Waals surface area contributed by atoms with Gasteiger partial charge in [0.05, 0.1) is 4.90 Å². The van der Waals surface area contributed by atoms with Gasteiger partial charge >= 0.3 is 0 Å². The third-order valence-electron chi connectivity index (χ3n) is 5.91. The van der Waals surface area contributed by atoms with Crippen LogP contribution in [0.3, 0.4) is 0 Å². The molecule has 1 aromatic rings. The van der Waals surface area contributed by atoms with Crippen molar-refractivity contribution in [2.24, 2.45) is 0 Å². The monoisotopic (exact) mass is 421 g/mol. The van der Waals surface area contributed by atoms with Gasteiger partial charge in [0.15, 0.2) is 0 Å². The first-order chi connectivity index (χ1) is 13.7. The Hall–Kier alpha value is -1.93. The Morgan fingerprint density at radius 1 is 0.966 bits per heavy atom. The number of hydrogen-bond donors (Lipinski definition) is 0. The summed E-state index contributed by atoms with van der Waals surface area (Å²) >= 11 is 0. The number of carbonyl (C=O) groups excluding carboxylic acids is 2. The molecule has 2 fully saturated rings. The smallest absolute Gasteiger partial charge is 0.244 e. The zero-order chi connectivity index (χ0) is 21.3. The van der Waals surface area contributed by atoms with Crippen LogP contribution in [0, 0.1) is 20.8 Å². The average Bonchev–Trinajstić information content (AvgIpc) is 3.16. The van der Waals surface area contributed by atoms with Crippen LogP contribution < -0.4 is 0 Å². The van der Waals surface area contributed by atoms with Crippen LogP contribution in [0.25, 0.3) is 0 Å². The fourth-order valence-corrected chi connectivity index (χ4v) is 6.64. The molecule has 0 aromatic heterocycles. The molecule has 1 atom stereocenters. The largest absolute Gasteiger partial charge is 0.339 e. The Labute approximate surface area is 173 Å². The number of piperazine rings is 1. The Kier molecular flexibility index (Phi) is 6.33. The van der Waals surface area contributed by atoms with E-state index in [4.69, 9.17) is 0 Å². The van der Waals surface area contributed by atoms with Crippen molar-refractivity contribution in [2.45, 2.75) is 57.9 Å². The van der Waals surface area contributed by atoms with Gasteiger partial charge in [-0.3, -0.25) is 9.59 Å². The SMILES string of the molecule is CCC(=O)N1CCN(C(=O)C2CCCN2S(=O)(=O)c2c(C)cc(C)cc2C)CC1. The molecule has 0 N–H and O–H groups in total. The number of carbonyl (C=O) groups is 2. The lowest BCUT2D eigenvalue weighted by molar-refractivity contribution is -0.141. The van der Waals surface area contributed by atoms with Crippen molar-refractivity contribution >= 4 is 21.8 Å². The van der Waals surface area contributed by atoms with E-state index in [9.17, 15) is 18.0 Å². The van der Waals surface area contributed by atoms with Crippen LogP contribution in [0.2, 0.25) is 0 Å². The predicted molar refractivity (Wildman–Crippen MR) is 111 cm³/mol. The molecular formula is C21H31N3O4S. The number of nitrogens with zero attached hydrogens (tertiary/aromatic N) is 3. The molecule has 2 heterocycles. The summed E-state index contributed by atoms with van der Waals surface area (Å²) in [5.74, 6) is -0.0513. The second-order valence-corrected chi connectivity index (χ2v) is 9.89. The van der Waals surface area contributed by atoms with Gasteiger partial charge in [0, 0.05) is 39.1 Å². The quantitative estimate of drug-likeness (QED) is 0.743. The maximum Gasteiger partial charge on any atom is 0.244 e. The lowest BCUT2D eigenvalue weighted by Crippen LogP contribution is -2.55. The van der Waals surface area contributed by atoms with Gasteiger partial charge in [-0.25, -0.2) is 8.42 Å². The molecule has 160 valence electrons. The van der Waals surface area contributed by atoms with Crippen LogP contribution in [-0.2, 0) is 19.6 Å². The van der Waals surface area contributed by atoms with Gasteiger partial charge in [0.25, 0.3) is 0 Å². The topological polar surface area (TPSA) is 78.0 Å². The lowest BCUT2D eigenvalue weighted by Gasteiger charge is -2.37. The van der Waals surface area contributed by atoms with Gasteiger partial charge in [0.1, 0.15) is 6.04 Å². The van der Waals surface area contributed by atoms with E-state index in [1.54, 1.807) is 9.80 Å². The summed E-state index contributed by atoms with van der Waals surface area (Å²) in [5.41, 5.74) is 2.45. The van der Waals surface area contributed by atoms with Gasteiger partial charge in [-0.05, 0) is 44.7 Å². The molecule has 0 aliphatic carbocycles.